The largest absolute Gasteiger partial charge is 0.469 e. The Kier molecular flexibility index (Phi) is 4.44. The van der Waals surface area contributed by atoms with Crippen LogP contribution in [0.5, 0.6) is 0 Å². The van der Waals surface area contributed by atoms with E-state index >= 15 is 0 Å². The molecule has 20 heavy (non-hydrogen) atoms. The number of nitrogens with zero attached hydrogens (tertiary/aromatic N) is 1. The average molecular weight is 294 g/mol. The van der Waals surface area contributed by atoms with E-state index in [0.717, 1.165) is 18.6 Å². The van der Waals surface area contributed by atoms with Gasteiger partial charge >= 0.3 is 0 Å². The van der Waals surface area contributed by atoms with E-state index in [2.05, 4.69) is 10.3 Å². The Morgan fingerprint density at radius 1 is 1.35 bits per heavy atom. The van der Waals surface area contributed by atoms with Gasteiger partial charge in [0.15, 0.2) is 9.84 Å². The fourth-order valence-corrected chi connectivity index (χ4v) is 2.71. The number of sulfone groups is 1. The first-order valence-corrected chi connectivity index (χ1v) is 8.30. The molecule has 0 aliphatic carbocycles. The van der Waals surface area contributed by atoms with E-state index in [-0.39, 0.29) is 10.9 Å². The first-order valence-electron chi connectivity index (χ1n) is 6.41. The van der Waals surface area contributed by atoms with E-state index in [9.17, 15) is 8.42 Å². The molecule has 0 saturated heterocycles. The van der Waals surface area contributed by atoms with Crippen LogP contribution in [0.3, 0.4) is 0 Å². The van der Waals surface area contributed by atoms with E-state index in [1.807, 2.05) is 19.1 Å². The Morgan fingerprint density at radius 2 is 2.15 bits per heavy atom. The van der Waals surface area contributed by atoms with Crippen molar-refractivity contribution in [3.05, 3.63) is 42.5 Å². The van der Waals surface area contributed by atoms with E-state index < -0.39 is 9.84 Å². The van der Waals surface area contributed by atoms with Crippen LogP contribution in [-0.2, 0) is 16.3 Å². The van der Waals surface area contributed by atoms with E-state index in [4.69, 9.17) is 4.42 Å². The number of rotatable bonds is 6. The predicted molar refractivity (Wildman–Crippen MR) is 77.5 cm³/mol. The van der Waals surface area contributed by atoms with Crippen LogP contribution in [0.15, 0.2) is 46.0 Å². The number of nitrogens with one attached hydrogen (secondary N) is 1. The Hall–Kier alpha value is -1.82. The minimum Gasteiger partial charge on any atom is -0.469 e. The highest BCUT2D eigenvalue weighted by Crippen LogP contribution is 2.19. The SMILES string of the molecule is CC(CCc1ccco1)Nc1ncccc1S(C)(=O)=O. The molecule has 0 aromatic carbocycles. The van der Waals surface area contributed by atoms with E-state index in [1.165, 1.54) is 6.26 Å². The molecule has 1 unspecified atom stereocenters. The summed E-state index contributed by atoms with van der Waals surface area (Å²) in [5, 5.41) is 3.15. The van der Waals surface area contributed by atoms with Gasteiger partial charge in [-0.25, -0.2) is 13.4 Å². The molecule has 0 bridgehead atoms. The van der Waals surface area contributed by atoms with Crippen LogP contribution in [0, 0.1) is 0 Å². The van der Waals surface area contributed by atoms with Crippen molar-refractivity contribution in [2.45, 2.75) is 30.7 Å². The molecule has 0 radical (unpaired) electrons. The van der Waals surface area contributed by atoms with Crippen LogP contribution in [0.25, 0.3) is 0 Å². The van der Waals surface area contributed by atoms with Gasteiger partial charge in [-0.15, -0.1) is 0 Å². The summed E-state index contributed by atoms with van der Waals surface area (Å²) in [4.78, 5) is 4.34. The molecule has 6 heteroatoms. The van der Waals surface area contributed by atoms with Gasteiger partial charge in [0.05, 0.1) is 6.26 Å². The topological polar surface area (TPSA) is 72.2 Å². The van der Waals surface area contributed by atoms with Gasteiger partial charge in [0.25, 0.3) is 0 Å². The van der Waals surface area contributed by atoms with Crippen LogP contribution in [0.2, 0.25) is 0 Å². The molecular weight excluding hydrogens is 276 g/mol. The van der Waals surface area contributed by atoms with E-state index in [1.54, 1.807) is 24.6 Å². The lowest BCUT2D eigenvalue weighted by atomic mass is 10.1. The fraction of sp³-hybridized carbons (Fsp3) is 0.357. The summed E-state index contributed by atoms with van der Waals surface area (Å²) in [7, 11) is -3.28. The van der Waals surface area contributed by atoms with Crippen LogP contribution in [-0.4, -0.2) is 25.7 Å². The molecule has 2 heterocycles. The average Bonchev–Trinajstić information content (AvgIpc) is 2.89. The zero-order valence-corrected chi connectivity index (χ0v) is 12.4. The minimum absolute atomic E-state index is 0.0931. The van der Waals surface area contributed by atoms with Gasteiger partial charge in [-0.1, -0.05) is 0 Å². The Bertz CT molecular complexity index is 651. The number of pyridine rings is 1. The van der Waals surface area contributed by atoms with Gasteiger partial charge in [-0.05, 0) is 37.6 Å². The molecule has 0 saturated carbocycles. The molecule has 0 amide bonds. The smallest absolute Gasteiger partial charge is 0.179 e. The van der Waals surface area contributed by atoms with Gasteiger partial charge in [0, 0.05) is 24.9 Å². The Morgan fingerprint density at radius 3 is 2.80 bits per heavy atom. The van der Waals surface area contributed by atoms with Gasteiger partial charge < -0.3 is 9.73 Å². The molecular formula is C14H18N2O3S. The van der Waals surface area contributed by atoms with Crippen molar-refractivity contribution in [2.75, 3.05) is 11.6 Å². The monoisotopic (exact) mass is 294 g/mol. The maximum atomic E-state index is 11.7. The van der Waals surface area contributed by atoms with Crippen molar-refractivity contribution in [2.24, 2.45) is 0 Å². The fourth-order valence-electron chi connectivity index (χ4n) is 1.92. The molecule has 1 N–H and O–H groups in total. The van der Waals surface area contributed by atoms with Crippen LogP contribution >= 0.6 is 0 Å². The highest BCUT2D eigenvalue weighted by Gasteiger charge is 2.15. The molecule has 0 aliphatic rings. The van der Waals surface area contributed by atoms with Crippen molar-refractivity contribution in [1.82, 2.24) is 4.98 Å². The highest BCUT2D eigenvalue weighted by molar-refractivity contribution is 7.90. The van der Waals surface area contributed by atoms with Crippen LogP contribution < -0.4 is 5.32 Å². The quantitative estimate of drug-likeness (QED) is 0.886. The molecule has 5 nitrogen and oxygen atoms in total. The molecule has 2 aromatic rings. The van der Waals surface area contributed by atoms with Gasteiger partial charge in [-0.2, -0.15) is 0 Å². The number of aryl methyl sites for hydroxylation is 1. The second kappa shape index (κ2) is 6.09. The molecule has 2 aromatic heterocycles. The number of anilines is 1. The molecule has 2 rings (SSSR count). The summed E-state index contributed by atoms with van der Waals surface area (Å²) < 4.78 is 28.6. The van der Waals surface area contributed by atoms with Crippen molar-refractivity contribution in [3.63, 3.8) is 0 Å². The second-order valence-corrected chi connectivity index (χ2v) is 6.77. The van der Waals surface area contributed by atoms with Gasteiger partial charge in [-0.3, -0.25) is 0 Å². The summed E-state index contributed by atoms with van der Waals surface area (Å²) in [6.07, 6.45) is 6.03. The normalized spacial score (nSPS) is 13.1. The van der Waals surface area contributed by atoms with Gasteiger partial charge in [0.1, 0.15) is 16.5 Å². The minimum atomic E-state index is -3.28. The maximum absolute atomic E-state index is 11.7. The van der Waals surface area contributed by atoms with Crippen molar-refractivity contribution < 1.29 is 12.8 Å². The Balaban J connectivity index is 2.03. The molecule has 108 valence electrons. The molecule has 0 fully saturated rings. The lowest BCUT2D eigenvalue weighted by molar-refractivity contribution is 0.494. The molecule has 0 aliphatic heterocycles. The first-order chi connectivity index (χ1) is 9.47. The highest BCUT2D eigenvalue weighted by atomic mass is 32.2. The van der Waals surface area contributed by atoms with Crippen LogP contribution in [0.1, 0.15) is 19.1 Å². The number of furan rings is 1. The first kappa shape index (κ1) is 14.6. The third-order valence-electron chi connectivity index (χ3n) is 2.96. The third kappa shape index (κ3) is 3.84. The maximum Gasteiger partial charge on any atom is 0.179 e. The van der Waals surface area contributed by atoms with Gasteiger partial charge in [0.2, 0.25) is 0 Å². The third-order valence-corrected chi connectivity index (χ3v) is 4.09. The molecule has 1 atom stereocenters. The van der Waals surface area contributed by atoms with Crippen molar-refractivity contribution >= 4 is 15.7 Å². The summed E-state index contributed by atoms with van der Waals surface area (Å²) in [6, 6.07) is 7.05. The number of aromatic nitrogens is 1. The lowest BCUT2D eigenvalue weighted by Crippen LogP contribution is -2.18. The summed E-state index contributed by atoms with van der Waals surface area (Å²) in [5.74, 6) is 1.32. The van der Waals surface area contributed by atoms with Crippen molar-refractivity contribution in [1.29, 1.82) is 0 Å². The standard InChI is InChI=1S/C14H18N2O3S/c1-11(7-8-12-5-4-10-19-12)16-14-13(20(2,17)18)6-3-9-15-14/h3-6,9-11H,7-8H2,1-2H3,(H,15,16). The van der Waals surface area contributed by atoms with E-state index in [0.29, 0.717) is 5.82 Å². The molecule has 0 spiro atoms. The van der Waals surface area contributed by atoms with Crippen molar-refractivity contribution in [3.8, 4) is 0 Å². The lowest BCUT2D eigenvalue weighted by Gasteiger charge is -2.15. The zero-order chi connectivity index (χ0) is 14.6. The second-order valence-electron chi connectivity index (χ2n) is 4.79. The summed E-state index contributed by atoms with van der Waals surface area (Å²) in [6.45, 7) is 1.99. The zero-order valence-electron chi connectivity index (χ0n) is 11.5. The summed E-state index contributed by atoms with van der Waals surface area (Å²) in [5.41, 5.74) is 0. The van der Waals surface area contributed by atoms with Crippen LogP contribution in [0.4, 0.5) is 5.82 Å². The number of hydrogen-bond donors (Lipinski definition) is 1. The number of hydrogen-bond acceptors (Lipinski definition) is 5. The Labute approximate surface area is 119 Å². The summed E-state index contributed by atoms with van der Waals surface area (Å²) >= 11 is 0. The predicted octanol–water partition coefficient (Wildman–Crippen LogP) is 2.51.